The van der Waals surface area contributed by atoms with Crippen molar-refractivity contribution < 1.29 is 12.6 Å². The molecule has 3 nitrogen and oxygen atoms in total. The molecule has 2 aliphatic rings. The third-order valence-electron chi connectivity index (χ3n) is 4.20. The number of hydrogen-bond acceptors (Lipinski definition) is 3. The SMILES string of the molecule is CC1(COS(=O)(=O)c2ccc(Br)cc2)C2C=CC1C=C2. The standard InChI is InChI=1S/C15H15BrO3S/c1-15(11-2-3-12(15)5-4-11)10-19-20(17,18)14-8-6-13(16)7-9-14/h2-9,11-12H,10H2,1H3. The highest BCUT2D eigenvalue weighted by molar-refractivity contribution is 9.10. The maximum absolute atomic E-state index is 12.2. The largest absolute Gasteiger partial charge is 0.296 e. The molecule has 5 heteroatoms. The monoisotopic (exact) mass is 354 g/mol. The van der Waals surface area contributed by atoms with Crippen LogP contribution in [0.25, 0.3) is 0 Å². The van der Waals surface area contributed by atoms with Gasteiger partial charge in [-0.3, -0.25) is 4.18 Å². The van der Waals surface area contributed by atoms with E-state index >= 15 is 0 Å². The normalized spacial score (nSPS) is 31.1. The van der Waals surface area contributed by atoms with E-state index in [-0.39, 0.29) is 28.8 Å². The van der Waals surface area contributed by atoms with Crippen LogP contribution in [0.2, 0.25) is 0 Å². The highest BCUT2D eigenvalue weighted by atomic mass is 79.9. The van der Waals surface area contributed by atoms with Gasteiger partial charge in [0, 0.05) is 21.7 Å². The number of halogens is 1. The molecule has 0 atom stereocenters. The third kappa shape index (κ3) is 2.28. The Morgan fingerprint density at radius 3 is 2.10 bits per heavy atom. The minimum absolute atomic E-state index is 0.178. The summed E-state index contributed by atoms with van der Waals surface area (Å²) in [5.41, 5.74) is -0.178. The summed E-state index contributed by atoms with van der Waals surface area (Å²) in [6.45, 7) is 2.26. The first-order valence-electron chi connectivity index (χ1n) is 6.43. The minimum atomic E-state index is -3.70. The molecule has 20 heavy (non-hydrogen) atoms. The van der Waals surface area contributed by atoms with Gasteiger partial charge in [-0.25, -0.2) is 0 Å². The van der Waals surface area contributed by atoms with Crippen molar-refractivity contribution in [1.82, 2.24) is 0 Å². The van der Waals surface area contributed by atoms with E-state index in [1.54, 1.807) is 24.3 Å². The average molecular weight is 355 g/mol. The van der Waals surface area contributed by atoms with Crippen molar-refractivity contribution in [3.8, 4) is 0 Å². The zero-order valence-corrected chi connectivity index (χ0v) is 13.4. The van der Waals surface area contributed by atoms with Crippen LogP contribution in [0.15, 0.2) is 57.9 Å². The fraction of sp³-hybridized carbons (Fsp3) is 0.333. The van der Waals surface area contributed by atoms with Gasteiger partial charge in [0.05, 0.1) is 11.5 Å². The van der Waals surface area contributed by atoms with E-state index in [0.717, 1.165) is 4.47 Å². The molecule has 2 bridgehead atoms. The predicted molar refractivity (Wildman–Crippen MR) is 80.6 cm³/mol. The number of fused-ring (bicyclic) bond motifs is 2. The molecule has 0 fully saturated rings. The van der Waals surface area contributed by atoms with E-state index in [1.165, 1.54) is 0 Å². The summed E-state index contributed by atoms with van der Waals surface area (Å²) in [6.07, 6.45) is 8.50. The average Bonchev–Trinajstić information content (AvgIpc) is 2.91. The summed E-state index contributed by atoms with van der Waals surface area (Å²) >= 11 is 3.29. The van der Waals surface area contributed by atoms with Gasteiger partial charge < -0.3 is 0 Å². The van der Waals surface area contributed by atoms with E-state index in [2.05, 4.69) is 47.2 Å². The Morgan fingerprint density at radius 2 is 1.60 bits per heavy atom. The molecule has 0 saturated carbocycles. The van der Waals surface area contributed by atoms with Crippen LogP contribution in [-0.2, 0) is 14.3 Å². The Morgan fingerprint density at radius 1 is 1.10 bits per heavy atom. The van der Waals surface area contributed by atoms with Crippen molar-refractivity contribution in [2.45, 2.75) is 11.8 Å². The second-order valence-electron chi connectivity index (χ2n) is 5.50. The van der Waals surface area contributed by atoms with Crippen LogP contribution in [0, 0.1) is 17.3 Å². The first kappa shape index (κ1) is 14.0. The Kier molecular flexibility index (Phi) is 3.39. The van der Waals surface area contributed by atoms with Gasteiger partial charge in [0.1, 0.15) is 0 Å². The highest BCUT2D eigenvalue weighted by Crippen LogP contribution is 2.49. The Bertz CT molecular complexity index is 644. The molecule has 0 amide bonds. The van der Waals surface area contributed by atoms with E-state index < -0.39 is 10.1 Å². The highest BCUT2D eigenvalue weighted by Gasteiger charge is 2.45. The van der Waals surface area contributed by atoms with Gasteiger partial charge in [-0.05, 0) is 24.3 Å². The summed E-state index contributed by atoms with van der Waals surface area (Å²) in [4.78, 5) is 0.190. The fourth-order valence-corrected chi connectivity index (χ4v) is 4.05. The van der Waals surface area contributed by atoms with E-state index in [0.29, 0.717) is 0 Å². The summed E-state index contributed by atoms with van der Waals surface area (Å²) in [7, 11) is -3.70. The molecule has 0 radical (unpaired) electrons. The quantitative estimate of drug-likeness (QED) is 0.613. The first-order chi connectivity index (χ1) is 9.42. The molecule has 0 saturated heterocycles. The van der Waals surface area contributed by atoms with Gasteiger partial charge in [-0.1, -0.05) is 47.2 Å². The summed E-state index contributed by atoms with van der Waals surface area (Å²) in [6, 6.07) is 6.48. The third-order valence-corrected chi connectivity index (χ3v) is 6.01. The maximum atomic E-state index is 12.2. The lowest BCUT2D eigenvalue weighted by Crippen LogP contribution is -2.31. The van der Waals surface area contributed by atoms with Crippen molar-refractivity contribution in [2.24, 2.45) is 17.3 Å². The van der Waals surface area contributed by atoms with Crippen molar-refractivity contribution in [3.05, 3.63) is 53.0 Å². The second-order valence-corrected chi connectivity index (χ2v) is 8.03. The molecule has 0 heterocycles. The molecular weight excluding hydrogens is 340 g/mol. The zero-order chi connectivity index (χ0) is 14.4. The van der Waals surface area contributed by atoms with Gasteiger partial charge in [0.25, 0.3) is 10.1 Å². The van der Waals surface area contributed by atoms with Gasteiger partial charge in [-0.15, -0.1) is 0 Å². The van der Waals surface area contributed by atoms with Crippen LogP contribution in [0.3, 0.4) is 0 Å². The number of allylic oxidation sites excluding steroid dienone is 4. The van der Waals surface area contributed by atoms with Crippen LogP contribution in [-0.4, -0.2) is 15.0 Å². The van der Waals surface area contributed by atoms with Crippen molar-refractivity contribution in [2.75, 3.05) is 6.61 Å². The lowest BCUT2D eigenvalue weighted by atomic mass is 9.79. The topological polar surface area (TPSA) is 43.4 Å². The zero-order valence-electron chi connectivity index (χ0n) is 11.0. The summed E-state index contributed by atoms with van der Waals surface area (Å²) in [5, 5.41) is 0. The van der Waals surface area contributed by atoms with Crippen LogP contribution < -0.4 is 0 Å². The molecule has 2 aliphatic carbocycles. The Labute approximate surface area is 127 Å². The van der Waals surface area contributed by atoms with Crippen molar-refractivity contribution in [3.63, 3.8) is 0 Å². The summed E-state index contributed by atoms with van der Waals surface area (Å²) < 4.78 is 30.5. The number of hydrogen-bond donors (Lipinski definition) is 0. The second kappa shape index (κ2) is 4.83. The van der Waals surface area contributed by atoms with E-state index in [1.807, 2.05) is 0 Å². The van der Waals surface area contributed by atoms with Crippen LogP contribution >= 0.6 is 15.9 Å². The molecule has 0 aromatic heterocycles. The number of rotatable bonds is 4. The van der Waals surface area contributed by atoms with Crippen molar-refractivity contribution in [1.29, 1.82) is 0 Å². The van der Waals surface area contributed by atoms with Gasteiger partial charge in [0.2, 0.25) is 0 Å². The fourth-order valence-electron chi connectivity index (χ4n) is 2.77. The molecule has 3 rings (SSSR count). The van der Waals surface area contributed by atoms with E-state index in [9.17, 15) is 8.42 Å². The molecule has 0 N–H and O–H groups in total. The molecule has 0 spiro atoms. The van der Waals surface area contributed by atoms with Gasteiger partial charge >= 0.3 is 0 Å². The molecule has 0 aliphatic heterocycles. The maximum Gasteiger partial charge on any atom is 0.296 e. The van der Waals surface area contributed by atoms with Crippen LogP contribution in [0.4, 0.5) is 0 Å². The van der Waals surface area contributed by atoms with Gasteiger partial charge in [-0.2, -0.15) is 8.42 Å². The summed E-state index contributed by atoms with van der Waals surface area (Å²) in [5.74, 6) is 0.542. The molecule has 106 valence electrons. The lowest BCUT2D eigenvalue weighted by molar-refractivity contribution is 0.136. The molecular formula is C15H15BrO3S. The molecule has 1 aromatic carbocycles. The number of benzene rings is 1. The molecule has 1 aromatic rings. The Balaban J connectivity index is 1.74. The predicted octanol–water partition coefficient (Wildman–Crippen LogP) is 3.53. The van der Waals surface area contributed by atoms with Crippen molar-refractivity contribution >= 4 is 26.0 Å². The minimum Gasteiger partial charge on any atom is -0.266 e. The Hall–Kier alpha value is -0.910. The molecule has 0 unspecified atom stereocenters. The van der Waals surface area contributed by atoms with Gasteiger partial charge in [0.15, 0.2) is 0 Å². The van der Waals surface area contributed by atoms with E-state index in [4.69, 9.17) is 4.18 Å². The first-order valence-corrected chi connectivity index (χ1v) is 8.64. The van der Waals surface area contributed by atoms with Crippen LogP contribution in [0.5, 0.6) is 0 Å². The van der Waals surface area contributed by atoms with Crippen LogP contribution in [0.1, 0.15) is 6.92 Å². The lowest BCUT2D eigenvalue weighted by Gasteiger charge is -2.29. The smallest absolute Gasteiger partial charge is 0.266 e.